The van der Waals surface area contributed by atoms with Crippen LogP contribution in [0, 0.1) is 11.3 Å². The van der Waals surface area contributed by atoms with Crippen LogP contribution in [-0.2, 0) is 4.79 Å². The lowest BCUT2D eigenvalue weighted by molar-refractivity contribution is -0.131. The van der Waals surface area contributed by atoms with Crippen molar-refractivity contribution >= 4 is 5.91 Å². The first-order chi connectivity index (χ1) is 9.00. The van der Waals surface area contributed by atoms with Crippen LogP contribution < -0.4 is 11.1 Å². The van der Waals surface area contributed by atoms with E-state index in [1.165, 1.54) is 12.8 Å². The Bertz CT molecular complexity index is 271. The van der Waals surface area contributed by atoms with E-state index in [1.807, 2.05) is 0 Å². The molecule has 1 atom stereocenters. The molecule has 0 spiro atoms. The molecule has 0 heterocycles. The fourth-order valence-corrected chi connectivity index (χ4v) is 2.95. The van der Waals surface area contributed by atoms with E-state index in [4.69, 9.17) is 5.73 Å². The predicted octanol–water partition coefficient (Wildman–Crippen LogP) is 1.81. The molecular formula is C15H30N2O2. The zero-order valence-electron chi connectivity index (χ0n) is 12.5. The van der Waals surface area contributed by atoms with Gasteiger partial charge < -0.3 is 16.2 Å². The van der Waals surface area contributed by atoms with Crippen molar-refractivity contribution < 1.29 is 9.90 Å². The Labute approximate surface area is 117 Å². The second kappa shape index (κ2) is 7.85. The van der Waals surface area contributed by atoms with Crippen molar-refractivity contribution in [3.8, 4) is 0 Å². The van der Waals surface area contributed by atoms with Gasteiger partial charge in [-0.05, 0) is 25.2 Å². The Hall–Kier alpha value is -0.610. The van der Waals surface area contributed by atoms with Gasteiger partial charge in [-0.2, -0.15) is 0 Å². The first-order valence-corrected chi connectivity index (χ1v) is 7.66. The summed E-state index contributed by atoms with van der Waals surface area (Å²) in [5.41, 5.74) is 5.48. The minimum absolute atomic E-state index is 0.0414. The highest BCUT2D eigenvalue weighted by Crippen LogP contribution is 2.34. The Morgan fingerprint density at radius 2 is 1.84 bits per heavy atom. The standard InChI is InChI=1S/C15H30N2O2/c1-12(2)9-13(18)10-17-14(19)15(11-16)7-5-3-4-6-8-15/h12-13,18H,3-11,16H2,1-2H3,(H,17,19). The van der Waals surface area contributed by atoms with Crippen LogP contribution in [0.4, 0.5) is 0 Å². The summed E-state index contributed by atoms with van der Waals surface area (Å²) in [5, 5.41) is 12.7. The predicted molar refractivity (Wildman–Crippen MR) is 77.7 cm³/mol. The molecule has 0 aliphatic heterocycles. The number of nitrogens with one attached hydrogen (secondary N) is 1. The van der Waals surface area contributed by atoms with Gasteiger partial charge in [0.2, 0.25) is 5.91 Å². The van der Waals surface area contributed by atoms with Gasteiger partial charge in [-0.1, -0.05) is 39.5 Å². The molecular weight excluding hydrogens is 240 g/mol. The maximum atomic E-state index is 12.4. The van der Waals surface area contributed by atoms with Crippen LogP contribution in [0.3, 0.4) is 0 Å². The van der Waals surface area contributed by atoms with Crippen LogP contribution in [0.1, 0.15) is 58.8 Å². The van der Waals surface area contributed by atoms with Gasteiger partial charge in [0.05, 0.1) is 11.5 Å². The molecule has 112 valence electrons. The number of carbonyl (C=O) groups excluding carboxylic acids is 1. The second-order valence-corrected chi connectivity index (χ2v) is 6.39. The summed E-state index contributed by atoms with van der Waals surface area (Å²) in [6.07, 6.45) is 6.60. The number of hydrogen-bond acceptors (Lipinski definition) is 3. The fraction of sp³-hybridized carbons (Fsp3) is 0.933. The van der Waals surface area contributed by atoms with E-state index in [9.17, 15) is 9.90 Å². The second-order valence-electron chi connectivity index (χ2n) is 6.39. The summed E-state index contributed by atoms with van der Waals surface area (Å²) in [4.78, 5) is 12.4. The molecule has 1 saturated carbocycles. The number of amides is 1. The van der Waals surface area contributed by atoms with E-state index in [0.717, 1.165) is 32.1 Å². The van der Waals surface area contributed by atoms with Crippen molar-refractivity contribution in [1.29, 1.82) is 0 Å². The molecule has 0 bridgehead atoms. The molecule has 1 amide bonds. The third kappa shape index (κ3) is 5.11. The Kier molecular flexibility index (Phi) is 6.80. The SMILES string of the molecule is CC(C)CC(O)CNC(=O)C1(CN)CCCCCC1. The topological polar surface area (TPSA) is 75.3 Å². The highest BCUT2D eigenvalue weighted by Gasteiger charge is 2.37. The molecule has 1 unspecified atom stereocenters. The summed E-state index contributed by atoms with van der Waals surface area (Å²) in [6, 6.07) is 0. The van der Waals surface area contributed by atoms with E-state index in [-0.39, 0.29) is 5.91 Å². The molecule has 0 aromatic carbocycles. The van der Waals surface area contributed by atoms with E-state index in [0.29, 0.717) is 19.0 Å². The van der Waals surface area contributed by atoms with Gasteiger partial charge >= 0.3 is 0 Å². The van der Waals surface area contributed by atoms with Gasteiger partial charge in [0.15, 0.2) is 0 Å². The van der Waals surface area contributed by atoms with Crippen LogP contribution in [0.25, 0.3) is 0 Å². The monoisotopic (exact) mass is 270 g/mol. The molecule has 0 aromatic rings. The van der Waals surface area contributed by atoms with E-state index in [1.54, 1.807) is 0 Å². The Morgan fingerprint density at radius 1 is 1.26 bits per heavy atom. The van der Waals surface area contributed by atoms with E-state index in [2.05, 4.69) is 19.2 Å². The summed E-state index contributed by atoms with van der Waals surface area (Å²) in [7, 11) is 0. The van der Waals surface area contributed by atoms with E-state index >= 15 is 0 Å². The van der Waals surface area contributed by atoms with Crippen LogP contribution >= 0.6 is 0 Å². The van der Waals surface area contributed by atoms with Crippen LogP contribution in [0.15, 0.2) is 0 Å². The average Bonchev–Trinajstić information content (AvgIpc) is 2.61. The Balaban J connectivity index is 2.49. The Morgan fingerprint density at radius 3 is 2.32 bits per heavy atom. The number of hydrogen-bond donors (Lipinski definition) is 3. The molecule has 4 N–H and O–H groups in total. The molecule has 1 aliphatic rings. The normalized spacial score (nSPS) is 20.9. The first-order valence-electron chi connectivity index (χ1n) is 7.66. The number of nitrogens with two attached hydrogens (primary N) is 1. The molecule has 1 fully saturated rings. The molecule has 0 radical (unpaired) electrons. The van der Waals surface area contributed by atoms with Gasteiger partial charge in [-0.25, -0.2) is 0 Å². The van der Waals surface area contributed by atoms with Gasteiger partial charge in [-0.15, -0.1) is 0 Å². The molecule has 19 heavy (non-hydrogen) atoms. The molecule has 4 nitrogen and oxygen atoms in total. The maximum absolute atomic E-state index is 12.4. The molecule has 0 saturated heterocycles. The molecule has 0 aromatic heterocycles. The van der Waals surface area contributed by atoms with Gasteiger partial charge in [0, 0.05) is 13.1 Å². The number of carbonyl (C=O) groups is 1. The van der Waals surface area contributed by atoms with Crippen LogP contribution in [-0.4, -0.2) is 30.2 Å². The molecule has 4 heteroatoms. The van der Waals surface area contributed by atoms with Gasteiger partial charge in [0.1, 0.15) is 0 Å². The summed E-state index contributed by atoms with van der Waals surface area (Å²) in [5.74, 6) is 0.480. The van der Waals surface area contributed by atoms with E-state index < -0.39 is 11.5 Å². The minimum Gasteiger partial charge on any atom is -0.391 e. The largest absolute Gasteiger partial charge is 0.391 e. The maximum Gasteiger partial charge on any atom is 0.227 e. The highest BCUT2D eigenvalue weighted by molar-refractivity contribution is 5.82. The van der Waals surface area contributed by atoms with Crippen molar-refractivity contribution in [2.75, 3.05) is 13.1 Å². The number of aliphatic hydroxyl groups is 1. The minimum atomic E-state index is -0.454. The zero-order chi connectivity index (χ0) is 14.3. The lowest BCUT2D eigenvalue weighted by Gasteiger charge is -2.30. The number of aliphatic hydroxyl groups excluding tert-OH is 1. The average molecular weight is 270 g/mol. The highest BCUT2D eigenvalue weighted by atomic mass is 16.3. The first kappa shape index (κ1) is 16.4. The third-order valence-corrected chi connectivity index (χ3v) is 4.17. The molecule has 1 aliphatic carbocycles. The van der Waals surface area contributed by atoms with Gasteiger partial charge in [-0.3, -0.25) is 4.79 Å². The van der Waals surface area contributed by atoms with Gasteiger partial charge in [0.25, 0.3) is 0 Å². The van der Waals surface area contributed by atoms with Crippen molar-refractivity contribution in [2.45, 2.75) is 64.9 Å². The number of rotatable bonds is 6. The summed E-state index contributed by atoms with van der Waals surface area (Å²) >= 11 is 0. The zero-order valence-corrected chi connectivity index (χ0v) is 12.5. The van der Waals surface area contributed by atoms with Crippen molar-refractivity contribution in [3.63, 3.8) is 0 Å². The van der Waals surface area contributed by atoms with Crippen molar-refractivity contribution in [2.24, 2.45) is 17.1 Å². The summed E-state index contributed by atoms with van der Waals surface area (Å²) < 4.78 is 0. The molecule has 1 rings (SSSR count). The van der Waals surface area contributed by atoms with Crippen LogP contribution in [0.2, 0.25) is 0 Å². The quantitative estimate of drug-likeness (QED) is 0.644. The third-order valence-electron chi connectivity index (χ3n) is 4.17. The lowest BCUT2D eigenvalue weighted by atomic mass is 9.79. The van der Waals surface area contributed by atoms with Crippen LogP contribution in [0.5, 0.6) is 0 Å². The smallest absolute Gasteiger partial charge is 0.227 e. The summed E-state index contributed by atoms with van der Waals surface area (Å²) in [6.45, 7) is 4.90. The van der Waals surface area contributed by atoms with Crippen molar-refractivity contribution in [1.82, 2.24) is 5.32 Å². The van der Waals surface area contributed by atoms with Crippen molar-refractivity contribution in [3.05, 3.63) is 0 Å². The fourth-order valence-electron chi connectivity index (χ4n) is 2.95. The lowest BCUT2D eigenvalue weighted by Crippen LogP contribution is -2.47.